The molecule has 0 amide bonds. The number of ether oxygens (including phenoxy) is 2. The van der Waals surface area contributed by atoms with Crippen LogP contribution >= 0.6 is 0 Å². The molecule has 14 heavy (non-hydrogen) atoms. The molecule has 1 aliphatic rings. The largest absolute Gasteiger partial charge is 0.414 e. The Hall–Kier alpha value is -0.550. The molecule has 0 aromatic rings. The van der Waals surface area contributed by atoms with Crippen molar-refractivity contribution in [2.45, 2.75) is 31.7 Å². The Balaban J connectivity index is 0.000000500. The maximum Gasteiger partial charge on any atom is 0.414 e. The first kappa shape index (κ1) is 13.4. The van der Waals surface area contributed by atoms with Gasteiger partial charge in [-0.25, -0.2) is 0 Å². The van der Waals surface area contributed by atoms with Crippen LogP contribution in [-0.2, 0) is 9.47 Å². The van der Waals surface area contributed by atoms with Crippen LogP contribution < -0.4 is 0 Å². The molecule has 84 valence electrons. The van der Waals surface area contributed by atoms with Crippen molar-refractivity contribution >= 4 is 0 Å². The van der Waals surface area contributed by atoms with Crippen molar-refractivity contribution in [3.05, 3.63) is 12.7 Å². The second-order valence-corrected chi connectivity index (χ2v) is 2.89. The lowest BCUT2D eigenvalue weighted by Gasteiger charge is -2.36. The first-order valence-corrected chi connectivity index (χ1v) is 4.23. The minimum atomic E-state index is -4.20. The van der Waals surface area contributed by atoms with Gasteiger partial charge in [0.15, 0.2) is 6.10 Å². The van der Waals surface area contributed by atoms with Gasteiger partial charge in [0.05, 0.1) is 12.7 Å². The molecule has 2 atom stereocenters. The minimum Gasteiger partial charge on any atom is -0.382 e. The zero-order valence-electron chi connectivity index (χ0n) is 8.30. The van der Waals surface area contributed by atoms with Gasteiger partial charge in [0.25, 0.3) is 0 Å². The van der Waals surface area contributed by atoms with Crippen molar-refractivity contribution in [2.75, 3.05) is 13.7 Å². The average molecular weight is 212 g/mol. The number of halogens is 3. The molecule has 5 heteroatoms. The number of allylic oxidation sites excluding steroid dienone is 1. The summed E-state index contributed by atoms with van der Waals surface area (Å²) in [7, 11) is 1.43. The Bertz CT molecular complexity index is 162. The quantitative estimate of drug-likeness (QED) is 0.655. The van der Waals surface area contributed by atoms with Gasteiger partial charge < -0.3 is 9.47 Å². The summed E-state index contributed by atoms with van der Waals surface area (Å²) in [4.78, 5) is 0. The van der Waals surface area contributed by atoms with Crippen molar-refractivity contribution in [3.8, 4) is 0 Å². The third-order valence-corrected chi connectivity index (χ3v) is 1.55. The van der Waals surface area contributed by atoms with Gasteiger partial charge in [-0.2, -0.15) is 13.2 Å². The van der Waals surface area contributed by atoms with Crippen LogP contribution in [0.25, 0.3) is 0 Å². The zero-order chi connectivity index (χ0) is 11.2. The van der Waals surface area contributed by atoms with Gasteiger partial charge in [-0.1, -0.05) is 6.08 Å². The smallest absolute Gasteiger partial charge is 0.382 e. The Morgan fingerprint density at radius 2 is 2.00 bits per heavy atom. The number of hydrogen-bond donors (Lipinski definition) is 0. The Morgan fingerprint density at radius 1 is 1.57 bits per heavy atom. The van der Waals surface area contributed by atoms with Crippen LogP contribution in [0.2, 0.25) is 0 Å². The van der Waals surface area contributed by atoms with E-state index in [4.69, 9.17) is 0 Å². The Kier molecular flexibility index (Phi) is 5.79. The topological polar surface area (TPSA) is 18.5 Å². The van der Waals surface area contributed by atoms with Crippen molar-refractivity contribution in [1.29, 1.82) is 0 Å². The highest BCUT2D eigenvalue weighted by Crippen LogP contribution is 2.34. The molecular weight excluding hydrogens is 197 g/mol. The van der Waals surface area contributed by atoms with E-state index in [1.54, 1.807) is 6.08 Å². The number of methoxy groups -OCH3 is 1. The van der Waals surface area contributed by atoms with Crippen LogP contribution in [0.5, 0.6) is 0 Å². The third kappa shape index (κ3) is 4.62. The van der Waals surface area contributed by atoms with Gasteiger partial charge in [-0.3, -0.25) is 0 Å². The Labute approximate surface area is 81.7 Å². The molecular formula is C9H15F3O2. The predicted molar refractivity (Wildman–Crippen MR) is 47.1 cm³/mol. The monoisotopic (exact) mass is 212 g/mol. The number of alkyl halides is 3. The van der Waals surface area contributed by atoms with Crippen LogP contribution in [-0.4, -0.2) is 32.1 Å². The molecule has 1 heterocycles. The van der Waals surface area contributed by atoms with Crippen LogP contribution in [0.3, 0.4) is 0 Å². The molecule has 1 saturated heterocycles. The minimum absolute atomic E-state index is 0.0251. The van der Waals surface area contributed by atoms with Gasteiger partial charge in [0.2, 0.25) is 0 Å². The van der Waals surface area contributed by atoms with E-state index in [0.29, 0.717) is 0 Å². The molecule has 0 aliphatic carbocycles. The summed E-state index contributed by atoms with van der Waals surface area (Å²) >= 11 is 0. The van der Waals surface area contributed by atoms with Crippen molar-refractivity contribution < 1.29 is 22.6 Å². The van der Waals surface area contributed by atoms with E-state index in [1.165, 1.54) is 7.11 Å². The van der Waals surface area contributed by atoms with E-state index in [1.807, 2.05) is 6.92 Å². The lowest BCUT2D eigenvalue weighted by atomic mass is 10.1. The SMILES string of the molecule is C=CC.COCC1CC(C(F)(F)F)O1. The molecule has 0 aromatic carbocycles. The molecule has 0 spiro atoms. The second-order valence-electron chi connectivity index (χ2n) is 2.89. The van der Waals surface area contributed by atoms with Gasteiger partial charge >= 0.3 is 6.18 Å². The van der Waals surface area contributed by atoms with E-state index in [-0.39, 0.29) is 19.1 Å². The number of hydrogen-bond acceptors (Lipinski definition) is 2. The van der Waals surface area contributed by atoms with Crippen molar-refractivity contribution in [3.63, 3.8) is 0 Å². The van der Waals surface area contributed by atoms with Crippen LogP contribution in [0, 0.1) is 0 Å². The molecule has 2 nitrogen and oxygen atoms in total. The normalized spacial score (nSPS) is 25.8. The lowest BCUT2D eigenvalue weighted by Crippen LogP contribution is -2.48. The second kappa shape index (κ2) is 6.03. The van der Waals surface area contributed by atoms with Crippen LogP contribution in [0.15, 0.2) is 12.7 Å². The van der Waals surface area contributed by atoms with Gasteiger partial charge in [0, 0.05) is 13.5 Å². The van der Waals surface area contributed by atoms with Gasteiger partial charge in [-0.05, 0) is 6.92 Å². The summed E-state index contributed by atoms with van der Waals surface area (Å²) in [5.74, 6) is 0. The predicted octanol–water partition coefficient (Wildman–Crippen LogP) is 2.54. The third-order valence-electron chi connectivity index (χ3n) is 1.55. The highest BCUT2D eigenvalue weighted by Gasteiger charge is 2.49. The van der Waals surface area contributed by atoms with E-state index in [0.717, 1.165) is 0 Å². The van der Waals surface area contributed by atoms with E-state index in [2.05, 4.69) is 16.1 Å². The fraction of sp³-hybridized carbons (Fsp3) is 0.778. The summed E-state index contributed by atoms with van der Waals surface area (Å²) in [6.07, 6.45) is -4.36. The van der Waals surface area contributed by atoms with E-state index >= 15 is 0 Å². The first-order chi connectivity index (χ1) is 6.45. The zero-order valence-corrected chi connectivity index (χ0v) is 8.30. The molecule has 0 bridgehead atoms. The standard InChI is InChI=1S/C6H9F3O2.C3H6/c1-10-3-4-2-5(11-4)6(7,8)9;1-3-2/h4-5H,2-3H2,1H3;3H,1H2,2H3. The summed E-state index contributed by atoms with van der Waals surface area (Å²) in [6.45, 7) is 5.49. The highest BCUT2D eigenvalue weighted by atomic mass is 19.4. The summed E-state index contributed by atoms with van der Waals surface area (Å²) < 4.78 is 44.4. The van der Waals surface area contributed by atoms with Crippen LogP contribution in [0.4, 0.5) is 13.2 Å². The van der Waals surface area contributed by atoms with Crippen LogP contribution in [0.1, 0.15) is 13.3 Å². The molecule has 0 saturated carbocycles. The summed E-state index contributed by atoms with van der Waals surface area (Å²) in [5.41, 5.74) is 0. The fourth-order valence-corrected chi connectivity index (χ4v) is 0.964. The maximum atomic E-state index is 11.7. The average Bonchev–Trinajstić information content (AvgIpc) is 1.94. The number of rotatable bonds is 2. The molecule has 2 unspecified atom stereocenters. The molecule has 0 radical (unpaired) electrons. The van der Waals surface area contributed by atoms with Gasteiger partial charge in [0.1, 0.15) is 0 Å². The molecule has 0 N–H and O–H groups in total. The highest BCUT2D eigenvalue weighted by molar-refractivity contribution is 4.82. The Morgan fingerprint density at radius 3 is 2.29 bits per heavy atom. The summed E-state index contributed by atoms with van der Waals surface area (Å²) in [6, 6.07) is 0. The first-order valence-electron chi connectivity index (χ1n) is 4.23. The van der Waals surface area contributed by atoms with E-state index in [9.17, 15) is 13.2 Å². The fourth-order valence-electron chi connectivity index (χ4n) is 0.964. The summed E-state index contributed by atoms with van der Waals surface area (Å²) in [5, 5.41) is 0. The molecule has 1 rings (SSSR count). The molecule has 1 aliphatic heterocycles. The van der Waals surface area contributed by atoms with E-state index < -0.39 is 12.3 Å². The maximum absolute atomic E-state index is 11.7. The lowest BCUT2D eigenvalue weighted by molar-refractivity contribution is -0.291. The van der Waals surface area contributed by atoms with Crippen molar-refractivity contribution in [2.24, 2.45) is 0 Å². The van der Waals surface area contributed by atoms with Gasteiger partial charge in [-0.15, -0.1) is 6.58 Å². The molecule has 1 fully saturated rings. The van der Waals surface area contributed by atoms with Crippen molar-refractivity contribution in [1.82, 2.24) is 0 Å². The molecule has 0 aromatic heterocycles.